The molecule has 1 aliphatic rings. The second kappa shape index (κ2) is 5.54. The molecule has 1 fully saturated rings. The fourth-order valence-electron chi connectivity index (χ4n) is 2.75. The summed E-state index contributed by atoms with van der Waals surface area (Å²) in [6, 6.07) is 6.47. The van der Waals surface area contributed by atoms with Crippen molar-refractivity contribution in [2.24, 2.45) is 0 Å². The second-order valence-corrected chi connectivity index (χ2v) is 5.07. The third-order valence-electron chi connectivity index (χ3n) is 3.89. The molecule has 0 spiro atoms. The molecule has 0 heterocycles. The van der Waals surface area contributed by atoms with Crippen molar-refractivity contribution >= 4 is 0 Å². The topological polar surface area (TPSA) is 29.5 Å². The first-order valence-corrected chi connectivity index (χ1v) is 6.55. The Morgan fingerprint density at radius 2 is 2.06 bits per heavy atom. The monoisotopic (exact) mass is 234 g/mol. The number of hydrogen-bond acceptors (Lipinski definition) is 2. The van der Waals surface area contributed by atoms with Crippen LogP contribution >= 0.6 is 0 Å². The van der Waals surface area contributed by atoms with E-state index in [2.05, 4.69) is 18.2 Å². The summed E-state index contributed by atoms with van der Waals surface area (Å²) in [6.45, 7) is 2.21. The van der Waals surface area contributed by atoms with Crippen molar-refractivity contribution in [3.8, 4) is 5.75 Å². The minimum Gasteiger partial charge on any atom is -0.496 e. The first-order valence-electron chi connectivity index (χ1n) is 6.55. The molecule has 1 unspecified atom stereocenters. The van der Waals surface area contributed by atoms with E-state index < -0.39 is 0 Å². The van der Waals surface area contributed by atoms with Gasteiger partial charge < -0.3 is 9.84 Å². The molecule has 1 aromatic carbocycles. The zero-order valence-electron chi connectivity index (χ0n) is 10.8. The van der Waals surface area contributed by atoms with Crippen LogP contribution in [0.1, 0.15) is 55.6 Å². The van der Waals surface area contributed by atoms with Gasteiger partial charge in [-0.3, -0.25) is 0 Å². The van der Waals surface area contributed by atoms with E-state index in [9.17, 15) is 5.11 Å². The second-order valence-electron chi connectivity index (χ2n) is 5.07. The summed E-state index contributed by atoms with van der Waals surface area (Å²) in [5.41, 5.74) is 2.55. The van der Waals surface area contributed by atoms with E-state index in [0.29, 0.717) is 5.92 Å². The van der Waals surface area contributed by atoms with E-state index in [1.165, 1.54) is 31.2 Å². The average molecular weight is 234 g/mol. The van der Waals surface area contributed by atoms with Crippen molar-refractivity contribution in [2.45, 2.75) is 44.4 Å². The molecule has 0 amide bonds. The number of benzene rings is 1. The van der Waals surface area contributed by atoms with Gasteiger partial charge >= 0.3 is 0 Å². The Bertz CT molecular complexity index is 367. The fraction of sp³-hybridized carbons (Fsp3) is 0.600. The summed E-state index contributed by atoms with van der Waals surface area (Å²) < 4.78 is 5.37. The molecule has 2 heteroatoms. The quantitative estimate of drug-likeness (QED) is 0.864. The summed E-state index contributed by atoms with van der Waals surface area (Å²) in [6.07, 6.45) is 5.31. The van der Waals surface area contributed by atoms with Crippen LogP contribution in [0.25, 0.3) is 0 Å². The maximum Gasteiger partial charge on any atom is 0.122 e. The highest BCUT2D eigenvalue weighted by atomic mass is 16.5. The predicted octanol–water partition coefficient (Wildman–Crippen LogP) is 3.45. The molecule has 0 aromatic heterocycles. The Balaban J connectivity index is 2.30. The Kier molecular flexibility index (Phi) is 4.06. The third kappa shape index (κ3) is 2.63. The van der Waals surface area contributed by atoms with Gasteiger partial charge in [-0.1, -0.05) is 31.9 Å². The van der Waals surface area contributed by atoms with Crippen LogP contribution in [0, 0.1) is 0 Å². The molecule has 1 saturated carbocycles. The number of ether oxygens (including phenoxy) is 1. The van der Waals surface area contributed by atoms with Crippen LogP contribution in [0.2, 0.25) is 0 Å². The Morgan fingerprint density at radius 1 is 1.35 bits per heavy atom. The number of hydrogen-bond donors (Lipinski definition) is 1. The minimum absolute atomic E-state index is 0.145. The molecule has 2 rings (SSSR count). The Morgan fingerprint density at radius 3 is 2.65 bits per heavy atom. The van der Waals surface area contributed by atoms with Gasteiger partial charge in [0.15, 0.2) is 0 Å². The van der Waals surface area contributed by atoms with E-state index in [0.717, 1.165) is 11.3 Å². The Hall–Kier alpha value is -1.02. The molecule has 1 aliphatic carbocycles. The molecule has 0 saturated heterocycles. The molecule has 17 heavy (non-hydrogen) atoms. The van der Waals surface area contributed by atoms with Crippen LogP contribution < -0.4 is 4.74 Å². The summed E-state index contributed by atoms with van der Waals surface area (Å²) in [5, 5.41) is 9.31. The van der Waals surface area contributed by atoms with Crippen LogP contribution in [0.4, 0.5) is 0 Å². The predicted molar refractivity (Wildman–Crippen MR) is 69.7 cm³/mol. The number of methoxy groups -OCH3 is 1. The van der Waals surface area contributed by atoms with Crippen LogP contribution in [0.15, 0.2) is 18.2 Å². The fourth-order valence-corrected chi connectivity index (χ4v) is 2.75. The first-order chi connectivity index (χ1) is 8.26. The summed E-state index contributed by atoms with van der Waals surface area (Å²) >= 11 is 0. The highest BCUT2D eigenvalue weighted by Crippen LogP contribution is 2.37. The van der Waals surface area contributed by atoms with Gasteiger partial charge in [0.2, 0.25) is 0 Å². The molecule has 1 N–H and O–H groups in total. The van der Waals surface area contributed by atoms with Crippen LogP contribution in [-0.2, 0) is 0 Å². The molecule has 1 atom stereocenters. The molecule has 0 aliphatic heterocycles. The van der Waals surface area contributed by atoms with Crippen molar-refractivity contribution in [2.75, 3.05) is 13.7 Å². The van der Waals surface area contributed by atoms with Crippen molar-refractivity contribution in [1.82, 2.24) is 0 Å². The van der Waals surface area contributed by atoms with E-state index in [1.54, 1.807) is 7.11 Å². The Labute approximate surface area is 104 Å². The maximum absolute atomic E-state index is 9.31. The molecule has 2 nitrogen and oxygen atoms in total. The van der Waals surface area contributed by atoms with E-state index in [1.807, 2.05) is 6.92 Å². The van der Waals surface area contributed by atoms with Crippen LogP contribution in [-0.4, -0.2) is 18.8 Å². The third-order valence-corrected chi connectivity index (χ3v) is 3.89. The smallest absolute Gasteiger partial charge is 0.122 e. The standard InChI is InChI=1S/C15H22O2/c1-11(10-16)14-9-13(7-8-15(14)17-2)12-5-3-4-6-12/h7-9,11-12,16H,3-6,10H2,1-2H3. The highest BCUT2D eigenvalue weighted by Gasteiger charge is 2.19. The van der Waals surface area contributed by atoms with E-state index in [-0.39, 0.29) is 12.5 Å². The van der Waals surface area contributed by atoms with Crippen molar-refractivity contribution in [3.05, 3.63) is 29.3 Å². The molecule has 0 radical (unpaired) electrons. The van der Waals surface area contributed by atoms with Crippen molar-refractivity contribution in [1.29, 1.82) is 0 Å². The van der Waals surface area contributed by atoms with Crippen molar-refractivity contribution in [3.63, 3.8) is 0 Å². The number of rotatable bonds is 4. The largest absolute Gasteiger partial charge is 0.496 e. The lowest BCUT2D eigenvalue weighted by atomic mass is 9.92. The lowest BCUT2D eigenvalue weighted by Gasteiger charge is -2.17. The lowest BCUT2D eigenvalue weighted by molar-refractivity contribution is 0.269. The molecular formula is C15H22O2. The zero-order valence-corrected chi connectivity index (χ0v) is 10.8. The molecule has 0 bridgehead atoms. The SMILES string of the molecule is COc1ccc(C2CCCC2)cc1C(C)CO. The van der Waals surface area contributed by atoms with Gasteiger partial charge in [-0.15, -0.1) is 0 Å². The van der Waals surface area contributed by atoms with Crippen molar-refractivity contribution < 1.29 is 9.84 Å². The molecule has 1 aromatic rings. The van der Waals surface area contributed by atoms with Gasteiger partial charge in [-0.2, -0.15) is 0 Å². The molecule has 94 valence electrons. The van der Waals surface area contributed by atoms with E-state index >= 15 is 0 Å². The van der Waals surface area contributed by atoms with Crippen LogP contribution in [0.3, 0.4) is 0 Å². The minimum atomic E-state index is 0.145. The normalized spacial score (nSPS) is 18.3. The summed E-state index contributed by atoms with van der Waals surface area (Å²) in [5.74, 6) is 1.75. The van der Waals surface area contributed by atoms with Gasteiger partial charge in [-0.25, -0.2) is 0 Å². The summed E-state index contributed by atoms with van der Waals surface area (Å²) in [4.78, 5) is 0. The average Bonchev–Trinajstić information content (AvgIpc) is 2.91. The molecular weight excluding hydrogens is 212 g/mol. The van der Waals surface area contributed by atoms with Gasteiger partial charge in [0.1, 0.15) is 5.75 Å². The first kappa shape index (κ1) is 12.4. The number of aliphatic hydroxyl groups is 1. The van der Waals surface area contributed by atoms with Crippen LogP contribution in [0.5, 0.6) is 5.75 Å². The van der Waals surface area contributed by atoms with Gasteiger partial charge in [0.25, 0.3) is 0 Å². The highest BCUT2D eigenvalue weighted by molar-refractivity contribution is 5.41. The summed E-state index contributed by atoms with van der Waals surface area (Å²) in [7, 11) is 1.69. The maximum atomic E-state index is 9.31. The lowest BCUT2D eigenvalue weighted by Crippen LogP contribution is -2.04. The number of aliphatic hydroxyl groups excluding tert-OH is 1. The van der Waals surface area contributed by atoms with Gasteiger partial charge in [0.05, 0.1) is 7.11 Å². The van der Waals surface area contributed by atoms with E-state index in [4.69, 9.17) is 4.74 Å². The zero-order chi connectivity index (χ0) is 12.3. The van der Waals surface area contributed by atoms with Gasteiger partial charge in [-0.05, 0) is 36.0 Å². The van der Waals surface area contributed by atoms with Gasteiger partial charge in [0, 0.05) is 12.5 Å².